The number of hydrogen-bond acceptors (Lipinski definition) is 8. The lowest BCUT2D eigenvalue weighted by Crippen LogP contribution is -2.23. The van der Waals surface area contributed by atoms with E-state index in [1.807, 2.05) is 0 Å². The summed E-state index contributed by atoms with van der Waals surface area (Å²) in [7, 11) is 0. The van der Waals surface area contributed by atoms with Gasteiger partial charge in [0, 0.05) is 48.8 Å². The molecule has 3 aromatic heterocycles. The summed E-state index contributed by atoms with van der Waals surface area (Å²) in [6.07, 6.45) is -0.239. The van der Waals surface area contributed by atoms with Crippen molar-refractivity contribution in [2.45, 2.75) is 51.6 Å². The highest BCUT2D eigenvalue weighted by atomic mass is 32.1. The normalized spacial score (nSPS) is 14.3. The lowest BCUT2D eigenvalue weighted by Gasteiger charge is -2.17. The number of alkyl halides is 3. The van der Waals surface area contributed by atoms with Crippen LogP contribution in [0.3, 0.4) is 0 Å². The van der Waals surface area contributed by atoms with Crippen molar-refractivity contribution >= 4 is 34.6 Å². The number of amides is 1. The number of aryl methyl sites for hydroxylation is 1. The second-order valence-corrected chi connectivity index (χ2v) is 9.33. The Bertz CT molecular complexity index is 1320. The lowest BCUT2D eigenvalue weighted by atomic mass is 9.97. The van der Waals surface area contributed by atoms with Crippen LogP contribution in [-0.2, 0) is 23.8 Å². The third kappa shape index (κ3) is 5.42. The minimum Gasteiger partial charge on any atom is -0.310 e. The molecule has 35 heavy (non-hydrogen) atoms. The van der Waals surface area contributed by atoms with Crippen LogP contribution in [0.4, 0.5) is 19.0 Å². The molecule has 0 spiro atoms. The van der Waals surface area contributed by atoms with Crippen LogP contribution in [0.2, 0.25) is 0 Å². The summed E-state index contributed by atoms with van der Waals surface area (Å²) >= 11 is 1.10. The van der Waals surface area contributed by atoms with Crippen LogP contribution in [0.15, 0.2) is 24.8 Å². The second-order valence-electron chi connectivity index (χ2n) is 8.26. The third-order valence-electron chi connectivity index (χ3n) is 5.59. The fourth-order valence-corrected chi connectivity index (χ4v) is 4.68. The summed E-state index contributed by atoms with van der Waals surface area (Å²) in [5.74, 6) is -0.768. The molecule has 0 radical (unpaired) electrons. The fourth-order valence-electron chi connectivity index (χ4n) is 3.77. The van der Waals surface area contributed by atoms with Gasteiger partial charge in [-0.3, -0.25) is 19.4 Å². The van der Waals surface area contributed by atoms with E-state index in [4.69, 9.17) is 0 Å². The van der Waals surface area contributed by atoms with E-state index in [0.717, 1.165) is 17.4 Å². The molecule has 3 aromatic rings. The van der Waals surface area contributed by atoms with E-state index in [0.29, 0.717) is 22.8 Å². The van der Waals surface area contributed by atoms with E-state index in [-0.39, 0.29) is 64.5 Å². The number of fused-ring (bicyclic) bond motifs is 1. The van der Waals surface area contributed by atoms with Gasteiger partial charge in [-0.1, -0.05) is 6.92 Å². The summed E-state index contributed by atoms with van der Waals surface area (Å²) in [5, 5.41) is 3.19. The SMILES string of the molecule is Cc1ncc(CC(=O)c2cnc([C@@H](C)CC(=O)c3ncnc4c3CCC(=O)N4)s2)cc1C(F)(F)F. The van der Waals surface area contributed by atoms with E-state index < -0.39 is 11.7 Å². The van der Waals surface area contributed by atoms with Gasteiger partial charge in [-0.2, -0.15) is 13.2 Å². The molecule has 12 heteroatoms. The highest BCUT2D eigenvalue weighted by Crippen LogP contribution is 2.32. The van der Waals surface area contributed by atoms with Gasteiger partial charge in [0.1, 0.15) is 17.8 Å². The number of hydrogen-bond donors (Lipinski definition) is 1. The minimum atomic E-state index is -4.55. The molecule has 4 heterocycles. The maximum Gasteiger partial charge on any atom is 0.418 e. The van der Waals surface area contributed by atoms with Gasteiger partial charge in [0.2, 0.25) is 5.91 Å². The number of carbonyl (C=O) groups is 3. The zero-order valence-corrected chi connectivity index (χ0v) is 19.6. The molecule has 0 saturated carbocycles. The number of rotatable bonds is 7. The van der Waals surface area contributed by atoms with Crippen LogP contribution in [0.5, 0.6) is 0 Å². The van der Waals surface area contributed by atoms with Crippen molar-refractivity contribution in [3.8, 4) is 0 Å². The first kappa shape index (κ1) is 24.6. The molecule has 1 atom stereocenters. The van der Waals surface area contributed by atoms with E-state index in [2.05, 4.69) is 25.3 Å². The largest absolute Gasteiger partial charge is 0.418 e. The minimum absolute atomic E-state index is 0.0787. The molecular formula is C23H20F3N5O3S. The Morgan fingerprint density at radius 1 is 1.11 bits per heavy atom. The smallest absolute Gasteiger partial charge is 0.310 e. The second kappa shape index (κ2) is 9.61. The van der Waals surface area contributed by atoms with E-state index in [1.54, 1.807) is 6.92 Å². The Morgan fingerprint density at radius 3 is 2.63 bits per heavy atom. The molecule has 4 rings (SSSR count). The van der Waals surface area contributed by atoms with Gasteiger partial charge >= 0.3 is 6.18 Å². The Morgan fingerprint density at radius 2 is 1.89 bits per heavy atom. The van der Waals surface area contributed by atoms with Crippen molar-refractivity contribution in [1.82, 2.24) is 19.9 Å². The van der Waals surface area contributed by atoms with E-state index in [1.165, 1.54) is 25.6 Å². The standard InChI is InChI=1S/C23H20F3N5O3S/c1-11(5-17(33)20-14-3-4-19(34)31-21(14)30-10-29-20)22-28-9-18(35-22)16(32)7-13-6-15(23(24,25)26)12(2)27-8-13/h6,8-11H,3-5,7H2,1-2H3,(H,29,30,31,34)/t11-/m0/s1. The fraction of sp³-hybridized carbons (Fsp3) is 0.348. The average molecular weight is 504 g/mol. The number of pyridine rings is 1. The predicted octanol–water partition coefficient (Wildman–Crippen LogP) is 4.34. The highest BCUT2D eigenvalue weighted by Gasteiger charge is 2.33. The predicted molar refractivity (Wildman–Crippen MR) is 120 cm³/mol. The van der Waals surface area contributed by atoms with Gasteiger partial charge in [0.25, 0.3) is 0 Å². The van der Waals surface area contributed by atoms with Crippen molar-refractivity contribution in [3.05, 3.63) is 62.8 Å². The Hall–Kier alpha value is -3.54. The first-order chi connectivity index (χ1) is 16.5. The molecule has 8 nitrogen and oxygen atoms in total. The highest BCUT2D eigenvalue weighted by molar-refractivity contribution is 7.13. The molecule has 0 saturated heterocycles. The topological polar surface area (TPSA) is 115 Å². The molecule has 1 amide bonds. The van der Waals surface area contributed by atoms with E-state index in [9.17, 15) is 27.6 Å². The van der Waals surface area contributed by atoms with Crippen LogP contribution in [0, 0.1) is 6.92 Å². The monoisotopic (exact) mass is 503 g/mol. The molecule has 1 aliphatic heterocycles. The van der Waals surface area contributed by atoms with Crippen molar-refractivity contribution < 1.29 is 27.6 Å². The van der Waals surface area contributed by atoms with Gasteiger partial charge in [0.15, 0.2) is 11.6 Å². The van der Waals surface area contributed by atoms with Crippen LogP contribution >= 0.6 is 11.3 Å². The van der Waals surface area contributed by atoms with Crippen LogP contribution < -0.4 is 5.32 Å². The summed E-state index contributed by atoms with van der Waals surface area (Å²) in [6.45, 7) is 3.06. The molecular weight excluding hydrogens is 483 g/mol. The number of Topliss-reactive ketones (excluding diaryl/α,β-unsaturated/α-hetero) is 2. The number of halogens is 3. The Kier molecular flexibility index (Phi) is 6.75. The number of nitrogens with zero attached hydrogens (tertiary/aromatic N) is 4. The van der Waals surface area contributed by atoms with Gasteiger partial charge in [-0.25, -0.2) is 15.0 Å². The average Bonchev–Trinajstić information content (AvgIpc) is 3.29. The van der Waals surface area contributed by atoms with Crippen molar-refractivity contribution in [3.63, 3.8) is 0 Å². The third-order valence-corrected chi connectivity index (χ3v) is 6.86. The quantitative estimate of drug-likeness (QED) is 0.477. The number of aromatic nitrogens is 4. The first-order valence-electron chi connectivity index (χ1n) is 10.7. The number of ketones is 2. The molecule has 0 fully saturated rings. The first-order valence-corrected chi connectivity index (χ1v) is 11.5. The van der Waals surface area contributed by atoms with Gasteiger partial charge in [-0.15, -0.1) is 11.3 Å². The number of carbonyl (C=O) groups excluding carboxylic acids is 3. The Balaban J connectivity index is 1.44. The van der Waals surface area contributed by atoms with Crippen molar-refractivity contribution in [1.29, 1.82) is 0 Å². The van der Waals surface area contributed by atoms with Crippen LogP contribution in [0.1, 0.15) is 73.2 Å². The lowest BCUT2D eigenvalue weighted by molar-refractivity contribution is -0.138. The summed E-state index contributed by atoms with van der Waals surface area (Å²) in [5.41, 5.74) is -0.0102. The number of nitrogens with one attached hydrogen (secondary N) is 1. The van der Waals surface area contributed by atoms with Crippen LogP contribution in [0.25, 0.3) is 0 Å². The maximum absolute atomic E-state index is 13.1. The zero-order valence-electron chi connectivity index (χ0n) is 18.8. The zero-order chi connectivity index (χ0) is 25.3. The number of thiazole rings is 1. The van der Waals surface area contributed by atoms with Gasteiger partial charge in [-0.05, 0) is 25.0 Å². The molecule has 0 aromatic carbocycles. The van der Waals surface area contributed by atoms with E-state index >= 15 is 0 Å². The van der Waals surface area contributed by atoms with Gasteiger partial charge in [0.05, 0.1) is 15.4 Å². The number of anilines is 1. The van der Waals surface area contributed by atoms with Crippen molar-refractivity contribution in [2.75, 3.05) is 5.32 Å². The van der Waals surface area contributed by atoms with Gasteiger partial charge < -0.3 is 5.32 Å². The molecule has 0 aliphatic carbocycles. The molecule has 1 N–H and O–H groups in total. The summed E-state index contributed by atoms with van der Waals surface area (Å²) in [4.78, 5) is 53.6. The summed E-state index contributed by atoms with van der Waals surface area (Å²) < 4.78 is 39.4. The van der Waals surface area contributed by atoms with Crippen molar-refractivity contribution in [2.24, 2.45) is 0 Å². The molecule has 182 valence electrons. The maximum atomic E-state index is 13.1. The molecule has 1 aliphatic rings. The molecule has 0 bridgehead atoms. The summed E-state index contributed by atoms with van der Waals surface area (Å²) in [6, 6.07) is 0.939. The Labute approximate surface area is 202 Å². The van der Waals surface area contributed by atoms with Crippen LogP contribution in [-0.4, -0.2) is 37.4 Å². The molecule has 0 unspecified atom stereocenters.